The molecule has 4 heteroatoms. The number of carbonyl (C=O) groups excluding carboxylic acids is 1. The van der Waals surface area contributed by atoms with E-state index >= 15 is 0 Å². The highest BCUT2D eigenvalue weighted by Crippen LogP contribution is 2.55. The number of nitrogens with one attached hydrogen (secondary N) is 1. The van der Waals surface area contributed by atoms with E-state index in [0.29, 0.717) is 25.3 Å². The molecule has 1 unspecified atom stereocenters. The van der Waals surface area contributed by atoms with E-state index in [1.807, 2.05) is 49.5 Å². The number of methoxy groups -OCH3 is 1. The molecule has 3 aromatic rings. The van der Waals surface area contributed by atoms with Gasteiger partial charge in [0.05, 0.1) is 7.11 Å². The molecule has 0 aromatic heterocycles. The second kappa shape index (κ2) is 10.0. The van der Waals surface area contributed by atoms with E-state index in [0.717, 1.165) is 41.6 Å². The molecule has 0 amide bonds. The van der Waals surface area contributed by atoms with E-state index in [-0.39, 0.29) is 11.3 Å². The lowest BCUT2D eigenvalue weighted by molar-refractivity contribution is -0.112. The lowest BCUT2D eigenvalue weighted by Gasteiger charge is -2.26. The van der Waals surface area contributed by atoms with Crippen LogP contribution in [0.25, 0.3) is 0 Å². The second-order valence-electron chi connectivity index (χ2n) is 8.51. The lowest BCUT2D eigenvalue weighted by Crippen LogP contribution is -2.25. The molecular weight excluding hydrogens is 398 g/mol. The number of carbonyl (C=O) groups is 1. The Hall–Kier alpha value is -3.11. The van der Waals surface area contributed by atoms with Gasteiger partial charge >= 0.3 is 0 Å². The molecule has 0 bridgehead atoms. The number of hydrogen-bond acceptors (Lipinski definition) is 4. The Labute approximate surface area is 190 Å². The molecule has 1 saturated carbocycles. The molecule has 0 heterocycles. The van der Waals surface area contributed by atoms with Crippen LogP contribution in [0.4, 0.5) is 0 Å². The van der Waals surface area contributed by atoms with Gasteiger partial charge in [0.1, 0.15) is 12.9 Å². The van der Waals surface area contributed by atoms with Crippen LogP contribution in [-0.4, -0.2) is 20.4 Å². The molecule has 1 atom stereocenters. The smallest absolute Gasteiger partial charge is 0.165 e. The lowest BCUT2D eigenvalue weighted by atomic mass is 9.79. The molecular formula is C28H31NO3. The van der Waals surface area contributed by atoms with Crippen LogP contribution in [0.15, 0.2) is 72.8 Å². The zero-order chi connectivity index (χ0) is 22.4. The van der Waals surface area contributed by atoms with Gasteiger partial charge in [-0.1, -0.05) is 66.7 Å². The fraction of sp³-hybridized carbons (Fsp3) is 0.321. The predicted octanol–water partition coefficient (Wildman–Crippen LogP) is 5.08. The van der Waals surface area contributed by atoms with Gasteiger partial charge in [-0.2, -0.15) is 0 Å². The standard InChI is InChI=1S/C28H31NO3/c1-29-18-22-13-14-26(31-2)27(32-20-21-9-5-3-6-10-21)25(22)17-24(19-30)28(15-16-28)23-11-7-4-8-12-23/h3-14,19,24,29H,15-18,20H2,1-2H3. The maximum absolute atomic E-state index is 12.4. The minimum Gasteiger partial charge on any atom is -0.493 e. The monoisotopic (exact) mass is 429 g/mol. The Bertz CT molecular complexity index is 1030. The fourth-order valence-corrected chi connectivity index (χ4v) is 4.65. The van der Waals surface area contributed by atoms with Crippen molar-refractivity contribution < 1.29 is 14.3 Å². The number of hydrogen-bond donors (Lipinski definition) is 1. The van der Waals surface area contributed by atoms with Crippen molar-refractivity contribution in [2.24, 2.45) is 5.92 Å². The molecule has 1 fully saturated rings. The van der Waals surface area contributed by atoms with Gasteiger partial charge in [0.15, 0.2) is 11.5 Å². The van der Waals surface area contributed by atoms with Gasteiger partial charge < -0.3 is 19.6 Å². The van der Waals surface area contributed by atoms with Gasteiger partial charge in [-0.15, -0.1) is 0 Å². The van der Waals surface area contributed by atoms with E-state index in [9.17, 15) is 4.79 Å². The van der Waals surface area contributed by atoms with Crippen molar-refractivity contribution >= 4 is 6.29 Å². The van der Waals surface area contributed by atoms with Crippen molar-refractivity contribution in [2.45, 2.75) is 37.8 Å². The first-order valence-electron chi connectivity index (χ1n) is 11.2. The highest BCUT2D eigenvalue weighted by molar-refractivity contribution is 5.62. The van der Waals surface area contributed by atoms with E-state index in [2.05, 4.69) is 35.6 Å². The molecule has 3 aromatic carbocycles. The summed E-state index contributed by atoms with van der Waals surface area (Å²) in [5.41, 5.74) is 4.44. The molecule has 4 rings (SSSR count). The van der Waals surface area contributed by atoms with Crippen LogP contribution in [-0.2, 0) is 29.8 Å². The Morgan fingerprint density at radius 2 is 1.69 bits per heavy atom. The molecule has 0 radical (unpaired) electrons. The van der Waals surface area contributed by atoms with Gasteiger partial charge in [0.2, 0.25) is 0 Å². The third-order valence-electron chi connectivity index (χ3n) is 6.57. The summed E-state index contributed by atoms with van der Waals surface area (Å²) in [4.78, 5) is 12.4. The molecule has 166 valence electrons. The number of ether oxygens (including phenoxy) is 2. The van der Waals surface area contributed by atoms with Gasteiger partial charge in [-0.3, -0.25) is 0 Å². The van der Waals surface area contributed by atoms with Gasteiger partial charge in [0.25, 0.3) is 0 Å². The molecule has 4 nitrogen and oxygen atoms in total. The van der Waals surface area contributed by atoms with Crippen LogP contribution in [0, 0.1) is 5.92 Å². The first-order valence-corrected chi connectivity index (χ1v) is 11.2. The summed E-state index contributed by atoms with van der Waals surface area (Å²) in [5.74, 6) is 1.32. The van der Waals surface area contributed by atoms with Gasteiger partial charge in [-0.05, 0) is 49.1 Å². The summed E-state index contributed by atoms with van der Waals surface area (Å²) in [6.45, 7) is 1.15. The van der Waals surface area contributed by atoms with Crippen molar-refractivity contribution in [3.63, 3.8) is 0 Å². The highest BCUT2D eigenvalue weighted by atomic mass is 16.5. The topological polar surface area (TPSA) is 47.6 Å². The van der Waals surface area contributed by atoms with Crippen LogP contribution in [0.2, 0.25) is 0 Å². The van der Waals surface area contributed by atoms with Crippen LogP contribution in [0.3, 0.4) is 0 Å². The quantitative estimate of drug-likeness (QED) is 0.432. The normalized spacial score (nSPS) is 15.1. The maximum Gasteiger partial charge on any atom is 0.165 e. The maximum atomic E-state index is 12.4. The van der Waals surface area contributed by atoms with Gasteiger partial charge in [-0.25, -0.2) is 0 Å². The third kappa shape index (κ3) is 4.56. The molecule has 0 saturated heterocycles. The molecule has 0 spiro atoms. The van der Waals surface area contributed by atoms with Crippen LogP contribution in [0.5, 0.6) is 11.5 Å². The van der Waals surface area contributed by atoms with Crippen molar-refractivity contribution in [1.82, 2.24) is 5.32 Å². The van der Waals surface area contributed by atoms with E-state index in [1.54, 1.807) is 7.11 Å². The summed E-state index contributed by atoms with van der Waals surface area (Å²) < 4.78 is 12.0. The summed E-state index contributed by atoms with van der Waals surface area (Å²) >= 11 is 0. The SMILES string of the molecule is CNCc1ccc(OC)c(OCc2ccccc2)c1CC(C=O)C1(c2ccccc2)CC1. The van der Waals surface area contributed by atoms with Crippen molar-refractivity contribution in [1.29, 1.82) is 0 Å². The Balaban J connectivity index is 1.69. The summed E-state index contributed by atoms with van der Waals surface area (Å²) in [6.07, 6.45) is 3.83. The molecule has 32 heavy (non-hydrogen) atoms. The minimum absolute atomic E-state index is 0.0836. The summed E-state index contributed by atoms with van der Waals surface area (Å²) in [6, 6.07) is 24.6. The molecule has 0 aliphatic heterocycles. The van der Waals surface area contributed by atoms with Crippen LogP contribution < -0.4 is 14.8 Å². The van der Waals surface area contributed by atoms with Crippen LogP contribution in [0.1, 0.15) is 35.1 Å². The average molecular weight is 430 g/mol. The van der Waals surface area contributed by atoms with Crippen molar-refractivity contribution in [2.75, 3.05) is 14.2 Å². The highest BCUT2D eigenvalue weighted by Gasteiger charge is 2.50. The van der Waals surface area contributed by atoms with Gasteiger partial charge in [0, 0.05) is 23.4 Å². The van der Waals surface area contributed by atoms with E-state index < -0.39 is 0 Å². The van der Waals surface area contributed by atoms with E-state index in [4.69, 9.17) is 9.47 Å². The third-order valence-corrected chi connectivity index (χ3v) is 6.57. The number of benzene rings is 3. The largest absolute Gasteiger partial charge is 0.493 e. The summed E-state index contributed by atoms with van der Waals surface area (Å²) in [7, 11) is 3.60. The summed E-state index contributed by atoms with van der Waals surface area (Å²) in [5, 5.41) is 3.26. The van der Waals surface area contributed by atoms with Crippen molar-refractivity contribution in [3.8, 4) is 11.5 Å². The molecule has 1 aliphatic rings. The number of aldehydes is 1. The van der Waals surface area contributed by atoms with Crippen LogP contribution >= 0.6 is 0 Å². The molecule has 1 aliphatic carbocycles. The zero-order valence-electron chi connectivity index (χ0n) is 18.8. The second-order valence-corrected chi connectivity index (χ2v) is 8.51. The first-order chi connectivity index (χ1) is 15.7. The fourth-order valence-electron chi connectivity index (χ4n) is 4.65. The molecule has 1 N–H and O–H groups in total. The number of rotatable bonds is 11. The van der Waals surface area contributed by atoms with Crippen molar-refractivity contribution in [3.05, 3.63) is 95.1 Å². The van der Waals surface area contributed by atoms with E-state index in [1.165, 1.54) is 5.56 Å². The Morgan fingerprint density at radius 3 is 2.28 bits per heavy atom. The zero-order valence-corrected chi connectivity index (χ0v) is 18.8. The minimum atomic E-state index is -0.119. The Kier molecular flexibility index (Phi) is 6.91. The first kappa shape index (κ1) is 22.1. The predicted molar refractivity (Wildman–Crippen MR) is 127 cm³/mol. The average Bonchev–Trinajstić information content (AvgIpc) is 3.65. The Morgan fingerprint density at radius 1 is 1.00 bits per heavy atom.